The fourth-order valence-corrected chi connectivity index (χ4v) is 2.26. The SMILES string of the molecule is CCOc1c(OC)cc(C=C(C#N)C(=O)NCc2ccco2)cc1OC. The second kappa shape index (κ2) is 9.18. The number of ether oxygens (including phenoxy) is 3. The highest BCUT2D eigenvalue weighted by Crippen LogP contribution is 2.39. The number of nitriles is 1. The maximum atomic E-state index is 12.2. The van der Waals surface area contributed by atoms with Crippen LogP contribution in [0.25, 0.3) is 6.08 Å². The van der Waals surface area contributed by atoms with Crippen molar-refractivity contribution in [2.75, 3.05) is 20.8 Å². The van der Waals surface area contributed by atoms with Crippen molar-refractivity contribution in [3.63, 3.8) is 0 Å². The van der Waals surface area contributed by atoms with E-state index in [4.69, 9.17) is 18.6 Å². The van der Waals surface area contributed by atoms with Gasteiger partial charge in [0.15, 0.2) is 11.5 Å². The van der Waals surface area contributed by atoms with Gasteiger partial charge in [0.1, 0.15) is 17.4 Å². The van der Waals surface area contributed by atoms with Crippen LogP contribution in [0.15, 0.2) is 40.5 Å². The Morgan fingerprint density at radius 3 is 2.50 bits per heavy atom. The van der Waals surface area contributed by atoms with Crippen LogP contribution in [0.2, 0.25) is 0 Å². The van der Waals surface area contributed by atoms with E-state index >= 15 is 0 Å². The molecule has 0 saturated carbocycles. The van der Waals surface area contributed by atoms with Crippen LogP contribution in [-0.4, -0.2) is 26.7 Å². The van der Waals surface area contributed by atoms with Crippen LogP contribution in [0.4, 0.5) is 0 Å². The van der Waals surface area contributed by atoms with Crippen LogP contribution in [-0.2, 0) is 11.3 Å². The van der Waals surface area contributed by atoms with E-state index in [2.05, 4.69) is 5.32 Å². The first kappa shape index (κ1) is 18.9. The summed E-state index contributed by atoms with van der Waals surface area (Å²) in [5.74, 6) is 1.46. The van der Waals surface area contributed by atoms with Gasteiger partial charge in [0.05, 0.1) is 33.6 Å². The topological polar surface area (TPSA) is 93.7 Å². The molecule has 2 rings (SSSR count). The number of amides is 1. The van der Waals surface area contributed by atoms with Gasteiger partial charge in [0.25, 0.3) is 5.91 Å². The van der Waals surface area contributed by atoms with Gasteiger partial charge >= 0.3 is 0 Å². The predicted octanol–water partition coefficient (Wildman–Crippen LogP) is 2.92. The Bertz CT molecular complexity index is 794. The summed E-state index contributed by atoms with van der Waals surface area (Å²) in [6, 6.07) is 8.70. The second-order valence-electron chi connectivity index (χ2n) is 5.12. The van der Waals surface area contributed by atoms with E-state index in [1.54, 1.807) is 24.3 Å². The predicted molar refractivity (Wildman–Crippen MR) is 94.9 cm³/mol. The molecule has 0 spiro atoms. The quantitative estimate of drug-likeness (QED) is 0.577. The molecule has 1 heterocycles. The average molecular weight is 356 g/mol. The Labute approximate surface area is 151 Å². The smallest absolute Gasteiger partial charge is 0.262 e. The van der Waals surface area contributed by atoms with Crippen molar-refractivity contribution in [2.45, 2.75) is 13.5 Å². The first-order valence-corrected chi connectivity index (χ1v) is 7.94. The largest absolute Gasteiger partial charge is 0.493 e. The molecule has 1 amide bonds. The van der Waals surface area contributed by atoms with Crippen molar-refractivity contribution in [1.29, 1.82) is 5.26 Å². The van der Waals surface area contributed by atoms with Gasteiger partial charge in [0, 0.05) is 0 Å². The molecule has 1 aromatic carbocycles. The summed E-state index contributed by atoms with van der Waals surface area (Å²) < 4.78 is 21.3. The first-order valence-electron chi connectivity index (χ1n) is 7.94. The summed E-state index contributed by atoms with van der Waals surface area (Å²) in [5.41, 5.74) is 0.525. The van der Waals surface area contributed by atoms with E-state index in [0.717, 1.165) is 0 Å². The lowest BCUT2D eigenvalue weighted by Crippen LogP contribution is -2.23. The average Bonchev–Trinajstić information content (AvgIpc) is 3.18. The van der Waals surface area contributed by atoms with Crippen molar-refractivity contribution in [1.82, 2.24) is 5.32 Å². The van der Waals surface area contributed by atoms with Crippen molar-refractivity contribution in [3.05, 3.63) is 47.4 Å². The fraction of sp³-hybridized carbons (Fsp3) is 0.263. The van der Waals surface area contributed by atoms with Crippen LogP contribution in [0.5, 0.6) is 17.2 Å². The lowest BCUT2D eigenvalue weighted by atomic mass is 10.1. The van der Waals surface area contributed by atoms with E-state index < -0.39 is 5.91 Å². The van der Waals surface area contributed by atoms with E-state index in [1.807, 2.05) is 13.0 Å². The number of nitrogens with zero attached hydrogens (tertiary/aromatic N) is 1. The Morgan fingerprint density at radius 1 is 1.31 bits per heavy atom. The highest BCUT2D eigenvalue weighted by Gasteiger charge is 2.15. The minimum absolute atomic E-state index is 0.0511. The number of carbonyl (C=O) groups is 1. The minimum Gasteiger partial charge on any atom is -0.493 e. The minimum atomic E-state index is -0.504. The summed E-state index contributed by atoms with van der Waals surface area (Å²) in [4.78, 5) is 12.2. The number of rotatable bonds is 8. The second-order valence-corrected chi connectivity index (χ2v) is 5.12. The van der Waals surface area contributed by atoms with Gasteiger partial charge in [-0.05, 0) is 42.8 Å². The van der Waals surface area contributed by atoms with E-state index in [-0.39, 0.29) is 12.1 Å². The lowest BCUT2D eigenvalue weighted by molar-refractivity contribution is -0.117. The summed E-state index contributed by atoms with van der Waals surface area (Å²) in [5, 5.41) is 12.0. The normalized spacial score (nSPS) is 10.8. The van der Waals surface area contributed by atoms with Crippen molar-refractivity contribution in [3.8, 4) is 23.3 Å². The monoisotopic (exact) mass is 356 g/mol. The van der Waals surface area contributed by atoms with Crippen LogP contribution in [0.3, 0.4) is 0 Å². The molecule has 0 aliphatic heterocycles. The zero-order chi connectivity index (χ0) is 18.9. The number of carbonyl (C=O) groups excluding carboxylic acids is 1. The number of hydrogen-bond donors (Lipinski definition) is 1. The van der Waals surface area contributed by atoms with Gasteiger partial charge in [0.2, 0.25) is 5.75 Å². The molecule has 0 bridgehead atoms. The van der Waals surface area contributed by atoms with Crippen molar-refractivity contribution < 1.29 is 23.4 Å². The van der Waals surface area contributed by atoms with Gasteiger partial charge in [-0.2, -0.15) is 5.26 Å². The zero-order valence-electron chi connectivity index (χ0n) is 14.9. The van der Waals surface area contributed by atoms with Crippen LogP contribution in [0.1, 0.15) is 18.2 Å². The molecular formula is C19H20N2O5. The van der Waals surface area contributed by atoms with Crippen molar-refractivity contribution in [2.24, 2.45) is 0 Å². The maximum Gasteiger partial charge on any atom is 0.262 e. The molecule has 26 heavy (non-hydrogen) atoms. The molecule has 0 radical (unpaired) electrons. The third kappa shape index (κ3) is 4.57. The summed E-state index contributed by atoms with van der Waals surface area (Å²) in [6.07, 6.45) is 2.97. The van der Waals surface area contributed by atoms with Gasteiger partial charge in [-0.3, -0.25) is 4.79 Å². The Morgan fingerprint density at radius 2 is 2.00 bits per heavy atom. The summed E-state index contributed by atoms with van der Waals surface area (Å²) in [6.45, 7) is 2.49. The fourth-order valence-electron chi connectivity index (χ4n) is 2.26. The molecule has 1 aromatic heterocycles. The first-order chi connectivity index (χ1) is 12.6. The molecule has 0 unspecified atom stereocenters. The Hall–Kier alpha value is -3.40. The van der Waals surface area contributed by atoms with Crippen LogP contribution >= 0.6 is 0 Å². The highest BCUT2D eigenvalue weighted by molar-refractivity contribution is 6.01. The van der Waals surface area contributed by atoms with Crippen molar-refractivity contribution >= 4 is 12.0 Å². The number of hydrogen-bond acceptors (Lipinski definition) is 6. The Kier molecular flexibility index (Phi) is 6.68. The van der Waals surface area contributed by atoms with Crippen LogP contribution in [0, 0.1) is 11.3 Å². The molecule has 0 aliphatic rings. The maximum absolute atomic E-state index is 12.2. The number of benzene rings is 1. The van der Waals surface area contributed by atoms with Gasteiger partial charge in [-0.15, -0.1) is 0 Å². The number of furan rings is 1. The molecular weight excluding hydrogens is 336 g/mol. The van der Waals surface area contributed by atoms with E-state index in [9.17, 15) is 10.1 Å². The molecule has 0 atom stereocenters. The molecule has 0 aliphatic carbocycles. The summed E-state index contributed by atoms with van der Waals surface area (Å²) in [7, 11) is 3.01. The van der Waals surface area contributed by atoms with Gasteiger partial charge in [-0.25, -0.2) is 0 Å². The molecule has 2 aromatic rings. The molecule has 7 heteroatoms. The molecule has 0 fully saturated rings. The standard InChI is InChI=1S/C19H20N2O5/c1-4-25-18-16(23-2)9-13(10-17(18)24-3)8-14(11-20)19(22)21-12-15-6-5-7-26-15/h5-10H,4,12H2,1-3H3,(H,21,22). The van der Waals surface area contributed by atoms with E-state index in [0.29, 0.717) is 35.2 Å². The number of nitrogens with one attached hydrogen (secondary N) is 1. The third-order valence-electron chi connectivity index (χ3n) is 3.45. The molecule has 136 valence electrons. The lowest BCUT2D eigenvalue weighted by Gasteiger charge is -2.14. The molecule has 7 nitrogen and oxygen atoms in total. The van der Waals surface area contributed by atoms with Gasteiger partial charge < -0.3 is 23.9 Å². The highest BCUT2D eigenvalue weighted by atomic mass is 16.5. The van der Waals surface area contributed by atoms with Gasteiger partial charge in [-0.1, -0.05) is 0 Å². The van der Waals surface area contributed by atoms with Crippen LogP contribution < -0.4 is 19.5 Å². The zero-order valence-corrected chi connectivity index (χ0v) is 14.9. The Balaban J connectivity index is 2.26. The molecule has 1 N–H and O–H groups in total. The summed E-state index contributed by atoms with van der Waals surface area (Å²) >= 11 is 0. The van der Waals surface area contributed by atoms with E-state index in [1.165, 1.54) is 26.6 Å². The molecule has 0 saturated heterocycles. The number of methoxy groups -OCH3 is 2. The third-order valence-corrected chi connectivity index (χ3v) is 3.45.